The fourth-order valence-corrected chi connectivity index (χ4v) is 4.10. The summed E-state index contributed by atoms with van der Waals surface area (Å²) < 4.78 is 22.9. The van der Waals surface area contributed by atoms with E-state index >= 15 is 0 Å². The number of benzene rings is 1. The Bertz CT molecular complexity index is 752. The highest BCUT2D eigenvalue weighted by atomic mass is 32.2. The van der Waals surface area contributed by atoms with E-state index in [0.717, 1.165) is 6.26 Å². The second kappa shape index (κ2) is 6.20. The third-order valence-corrected chi connectivity index (χ3v) is 6.28. The number of carbonyl (C=O) groups is 2. The van der Waals surface area contributed by atoms with Crippen LogP contribution in [0.15, 0.2) is 29.2 Å². The van der Waals surface area contributed by atoms with E-state index in [4.69, 9.17) is 0 Å². The van der Waals surface area contributed by atoms with Gasteiger partial charge in [-0.05, 0) is 48.9 Å². The maximum absolute atomic E-state index is 12.3. The molecule has 2 rings (SSSR count). The summed E-state index contributed by atoms with van der Waals surface area (Å²) in [5, 5.41) is 12.1. The molecule has 7 heteroatoms. The van der Waals surface area contributed by atoms with Crippen LogP contribution in [-0.4, -0.2) is 37.7 Å². The van der Waals surface area contributed by atoms with E-state index in [1.165, 1.54) is 24.3 Å². The minimum absolute atomic E-state index is 0.0813. The number of sulfone groups is 1. The Kier molecular flexibility index (Phi) is 4.77. The molecule has 6 nitrogen and oxygen atoms in total. The second-order valence-corrected chi connectivity index (χ2v) is 9.13. The number of carboxylic acid groups (broad SMARTS) is 1. The lowest BCUT2D eigenvalue weighted by Gasteiger charge is -2.52. The first-order valence-corrected chi connectivity index (χ1v) is 9.67. The van der Waals surface area contributed by atoms with Gasteiger partial charge in [-0.3, -0.25) is 9.59 Å². The van der Waals surface area contributed by atoms with Crippen molar-refractivity contribution in [1.29, 1.82) is 0 Å². The molecule has 1 unspecified atom stereocenters. The van der Waals surface area contributed by atoms with E-state index in [0.29, 0.717) is 12.0 Å². The average Bonchev–Trinajstić information content (AvgIpc) is 2.44. The highest BCUT2D eigenvalue weighted by molar-refractivity contribution is 7.90. The third-order valence-electron chi connectivity index (χ3n) is 5.15. The summed E-state index contributed by atoms with van der Waals surface area (Å²) in [7, 11) is -3.29. The Labute approximate surface area is 142 Å². The van der Waals surface area contributed by atoms with Crippen molar-refractivity contribution < 1.29 is 23.1 Å². The van der Waals surface area contributed by atoms with Crippen molar-refractivity contribution in [1.82, 2.24) is 5.32 Å². The molecule has 1 saturated carbocycles. The molecule has 1 fully saturated rings. The van der Waals surface area contributed by atoms with E-state index in [2.05, 4.69) is 5.32 Å². The lowest BCUT2D eigenvalue weighted by Crippen LogP contribution is -2.56. The molecule has 0 saturated heterocycles. The molecule has 0 aliphatic heterocycles. The summed E-state index contributed by atoms with van der Waals surface area (Å²) in [6.45, 7) is 5.68. The number of nitrogens with one attached hydrogen (secondary N) is 1. The van der Waals surface area contributed by atoms with Crippen LogP contribution in [-0.2, 0) is 14.6 Å². The zero-order chi connectivity index (χ0) is 18.3. The minimum Gasteiger partial charge on any atom is -0.481 e. The number of carboxylic acids is 1. The van der Waals surface area contributed by atoms with Crippen LogP contribution in [0, 0.1) is 17.3 Å². The topological polar surface area (TPSA) is 101 Å². The van der Waals surface area contributed by atoms with Gasteiger partial charge in [0.05, 0.1) is 10.8 Å². The Morgan fingerprint density at radius 3 is 2.21 bits per heavy atom. The van der Waals surface area contributed by atoms with E-state index in [-0.39, 0.29) is 28.2 Å². The molecule has 0 bridgehead atoms. The lowest BCUT2D eigenvalue weighted by molar-refractivity contribution is -0.160. The van der Waals surface area contributed by atoms with Gasteiger partial charge in [0, 0.05) is 17.9 Å². The monoisotopic (exact) mass is 353 g/mol. The molecule has 1 aromatic carbocycles. The highest BCUT2D eigenvalue weighted by Gasteiger charge is 2.53. The summed E-state index contributed by atoms with van der Waals surface area (Å²) >= 11 is 0. The van der Waals surface area contributed by atoms with Crippen molar-refractivity contribution in [2.24, 2.45) is 17.3 Å². The first-order valence-electron chi connectivity index (χ1n) is 7.78. The molecule has 1 aliphatic carbocycles. The van der Waals surface area contributed by atoms with Crippen LogP contribution >= 0.6 is 0 Å². The number of hydrogen-bond acceptors (Lipinski definition) is 4. The summed E-state index contributed by atoms with van der Waals surface area (Å²) in [4.78, 5) is 23.7. The Balaban J connectivity index is 2.04. The Hall–Kier alpha value is -1.89. The van der Waals surface area contributed by atoms with Crippen LogP contribution in [0.25, 0.3) is 0 Å². The first kappa shape index (κ1) is 18.4. The molecule has 0 heterocycles. The highest BCUT2D eigenvalue weighted by Crippen LogP contribution is 2.52. The van der Waals surface area contributed by atoms with Crippen molar-refractivity contribution in [2.75, 3.05) is 6.26 Å². The van der Waals surface area contributed by atoms with E-state index in [1.807, 2.05) is 20.8 Å². The van der Waals surface area contributed by atoms with Crippen LogP contribution in [0.5, 0.6) is 0 Å². The van der Waals surface area contributed by atoms with Gasteiger partial charge >= 0.3 is 5.97 Å². The van der Waals surface area contributed by atoms with Gasteiger partial charge in [0.2, 0.25) is 0 Å². The minimum atomic E-state index is -3.29. The molecule has 0 aromatic heterocycles. The van der Waals surface area contributed by atoms with Crippen molar-refractivity contribution in [3.63, 3.8) is 0 Å². The van der Waals surface area contributed by atoms with Gasteiger partial charge in [-0.15, -0.1) is 0 Å². The zero-order valence-corrected chi connectivity index (χ0v) is 15.1. The van der Waals surface area contributed by atoms with Gasteiger partial charge in [-0.2, -0.15) is 0 Å². The average molecular weight is 353 g/mol. The van der Waals surface area contributed by atoms with Crippen LogP contribution in [0.4, 0.5) is 0 Å². The van der Waals surface area contributed by atoms with Crippen molar-refractivity contribution >= 4 is 21.7 Å². The van der Waals surface area contributed by atoms with Crippen LogP contribution < -0.4 is 5.32 Å². The number of hydrogen-bond donors (Lipinski definition) is 2. The molecular weight excluding hydrogens is 330 g/mol. The fraction of sp³-hybridized carbons (Fsp3) is 0.529. The fourth-order valence-electron chi connectivity index (χ4n) is 3.47. The predicted octanol–water partition coefficient (Wildman–Crippen LogP) is 1.96. The SMILES string of the molecule is CC(NC(=O)c1ccc(S(C)(=O)=O)cc1)[C@@H]1C[C@H](C(=O)O)C1(C)C. The molecule has 132 valence electrons. The summed E-state index contributed by atoms with van der Waals surface area (Å²) in [6, 6.07) is 5.60. The predicted molar refractivity (Wildman–Crippen MR) is 89.5 cm³/mol. The van der Waals surface area contributed by atoms with Crippen molar-refractivity contribution in [2.45, 2.75) is 38.1 Å². The molecule has 1 aromatic rings. The molecule has 2 N–H and O–H groups in total. The van der Waals surface area contributed by atoms with Gasteiger partial charge in [0.1, 0.15) is 0 Å². The van der Waals surface area contributed by atoms with Gasteiger partial charge in [0.15, 0.2) is 9.84 Å². The van der Waals surface area contributed by atoms with Crippen molar-refractivity contribution in [3.8, 4) is 0 Å². The molecule has 3 atom stereocenters. The molecule has 0 spiro atoms. The summed E-state index contributed by atoms with van der Waals surface area (Å²) in [5.41, 5.74) is -0.000235. The first-order chi connectivity index (χ1) is 10.9. The van der Waals surface area contributed by atoms with E-state index < -0.39 is 21.7 Å². The largest absolute Gasteiger partial charge is 0.481 e. The van der Waals surface area contributed by atoms with Gasteiger partial charge < -0.3 is 10.4 Å². The molecule has 1 amide bonds. The standard InChI is InChI=1S/C17H23NO5S/c1-10(13-9-14(16(20)21)17(13,2)3)18-15(19)11-5-7-12(8-6-11)24(4,22)23/h5-8,10,13-14H,9H2,1-4H3,(H,18,19)(H,20,21)/t10?,13-,14+/m0/s1. The number of amides is 1. The van der Waals surface area contributed by atoms with Gasteiger partial charge in [-0.1, -0.05) is 13.8 Å². The smallest absolute Gasteiger partial charge is 0.307 e. The number of aliphatic carboxylic acids is 1. The normalized spacial score (nSPS) is 23.8. The van der Waals surface area contributed by atoms with Gasteiger partial charge in [-0.25, -0.2) is 8.42 Å². The molecule has 1 aliphatic rings. The molecule has 0 radical (unpaired) electrons. The third kappa shape index (κ3) is 3.45. The Morgan fingerprint density at radius 2 is 1.79 bits per heavy atom. The van der Waals surface area contributed by atoms with Crippen LogP contribution in [0.2, 0.25) is 0 Å². The molecular formula is C17H23NO5S. The number of carbonyl (C=O) groups excluding carboxylic acids is 1. The second-order valence-electron chi connectivity index (χ2n) is 7.11. The Morgan fingerprint density at radius 1 is 1.25 bits per heavy atom. The maximum Gasteiger partial charge on any atom is 0.307 e. The van der Waals surface area contributed by atoms with Crippen LogP contribution in [0.1, 0.15) is 37.6 Å². The van der Waals surface area contributed by atoms with E-state index in [9.17, 15) is 23.1 Å². The van der Waals surface area contributed by atoms with Gasteiger partial charge in [0.25, 0.3) is 5.91 Å². The quantitative estimate of drug-likeness (QED) is 0.843. The lowest BCUT2D eigenvalue weighted by atomic mass is 9.52. The zero-order valence-electron chi connectivity index (χ0n) is 14.2. The van der Waals surface area contributed by atoms with E-state index in [1.54, 1.807) is 0 Å². The van der Waals surface area contributed by atoms with Crippen LogP contribution in [0.3, 0.4) is 0 Å². The summed E-state index contributed by atoms with van der Waals surface area (Å²) in [6.07, 6.45) is 1.65. The maximum atomic E-state index is 12.3. The van der Waals surface area contributed by atoms with Crippen molar-refractivity contribution in [3.05, 3.63) is 29.8 Å². The molecule has 24 heavy (non-hydrogen) atoms. The summed E-state index contributed by atoms with van der Waals surface area (Å²) in [5.74, 6) is -1.41. The number of rotatable bonds is 5.